The van der Waals surface area contributed by atoms with Gasteiger partial charge in [-0.05, 0) is 30.7 Å². The minimum atomic E-state index is -0.705. The monoisotopic (exact) mass is 282 g/mol. The van der Waals surface area contributed by atoms with E-state index in [1.54, 1.807) is 7.11 Å². The van der Waals surface area contributed by atoms with Crippen molar-refractivity contribution in [3.63, 3.8) is 0 Å². The molecule has 0 fully saturated rings. The fraction of sp³-hybridized carbons (Fsp3) is 0.235. The van der Waals surface area contributed by atoms with Gasteiger partial charge in [0.25, 0.3) is 0 Å². The summed E-state index contributed by atoms with van der Waals surface area (Å²) in [6.07, 6.45) is -0.705. The predicted octanol–water partition coefficient (Wildman–Crippen LogP) is 3.15. The highest BCUT2D eigenvalue weighted by atomic mass is 16.5. The first-order valence-electron chi connectivity index (χ1n) is 7.02. The van der Waals surface area contributed by atoms with Crippen LogP contribution in [0, 0.1) is 0 Å². The van der Waals surface area contributed by atoms with Crippen LogP contribution in [-0.4, -0.2) is 22.0 Å². The molecule has 1 N–H and O–H groups in total. The Bertz CT molecular complexity index is 747. The fourth-order valence-electron chi connectivity index (χ4n) is 2.57. The van der Waals surface area contributed by atoms with Gasteiger partial charge in [-0.2, -0.15) is 5.10 Å². The Hall–Kier alpha value is -2.33. The fourth-order valence-corrected chi connectivity index (χ4v) is 2.57. The van der Waals surface area contributed by atoms with Crippen molar-refractivity contribution in [1.29, 1.82) is 0 Å². The lowest BCUT2D eigenvalue weighted by Crippen LogP contribution is -2.09. The topological polar surface area (TPSA) is 47.3 Å². The van der Waals surface area contributed by atoms with Gasteiger partial charge in [0.05, 0.1) is 18.3 Å². The van der Waals surface area contributed by atoms with Crippen molar-refractivity contribution in [3.05, 3.63) is 59.8 Å². The summed E-state index contributed by atoms with van der Waals surface area (Å²) in [5.41, 5.74) is 2.57. The molecule has 4 heteroatoms. The van der Waals surface area contributed by atoms with Gasteiger partial charge in [-0.15, -0.1) is 0 Å². The molecule has 0 amide bonds. The Morgan fingerprint density at radius 2 is 1.86 bits per heavy atom. The van der Waals surface area contributed by atoms with Crippen LogP contribution in [0.4, 0.5) is 0 Å². The third kappa shape index (κ3) is 2.38. The Kier molecular flexibility index (Phi) is 3.62. The molecule has 0 saturated heterocycles. The second kappa shape index (κ2) is 5.58. The highest BCUT2D eigenvalue weighted by Gasteiger charge is 2.19. The van der Waals surface area contributed by atoms with E-state index >= 15 is 0 Å². The van der Waals surface area contributed by atoms with Crippen LogP contribution in [0.15, 0.2) is 48.5 Å². The molecular formula is C17H18N2O2. The van der Waals surface area contributed by atoms with E-state index in [9.17, 15) is 5.11 Å². The SMILES string of the molecule is CCn1nc2ccccc2c1C(O)c1ccc(OC)cc1. The molecule has 0 aliphatic heterocycles. The van der Waals surface area contributed by atoms with Crippen LogP contribution in [0.2, 0.25) is 0 Å². The normalized spacial score (nSPS) is 12.5. The van der Waals surface area contributed by atoms with Gasteiger partial charge in [0.2, 0.25) is 0 Å². The van der Waals surface area contributed by atoms with Crippen molar-refractivity contribution in [2.45, 2.75) is 19.6 Å². The number of rotatable bonds is 4. The molecule has 21 heavy (non-hydrogen) atoms. The van der Waals surface area contributed by atoms with Crippen molar-refractivity contribution in [3.8, 4) is 5.75 Å². The quantitative estimate of drug-likeness (QED) is 0.799. The first-order chi connectivity index (χ1) is 10.2. The molecule has 4 nitrogen and oxygen atoms in total. The van der Waals surface area contributed by atoms with E-state index in [-0.39, 0.29) is 0 Å². The number of fused-ring (bicyclic) bond motifs is 1. The maximum Gasteiger partial charge on any atom is 0.121 e. The molecule has 0 aliphatic rings. The highest BCUT2D eigenvalue weighted by molar-refractivity contribution is 5.82. The molecule has 1 atom stereocenters. The van der Waals surface area contributed by atoms with E-state index in [2.05, 4.69) is 5.10 Å². The van der Waals surface area contributed by atoms with E-state index in [0.29, 0.717) is 0 Å². The van der Waals surface area contributed by atoms with Gasteiger partial charge in [0.1, 0.15) is 11.9 Å². The predicted molar refractivity (Wildman–Crippen MR) is 82.5 cm³/mol. The Labute approximate surface area is 123 Å². The highest BCUT2D eigenvalue weighted by Crippen LogP contribution is 2.29. The van der Waals surface area contributed by atoms with Crippen molar-refractivity contribution >= 4 is 10.9 Å². The Morgan fingerprint density at radius 1 is 1.14 bits per heavy atom. The molecule has 1 unspecified atom stereocenters. The second-order valence-corrected chi connectivity index (χ2v) is 4.89. The maximum atomic E-state index is 10.8. The number of aliphatic hydroxyl groups excluding tert-OH is 1. The number of methoxy groups -OCH3 is 1. The van der Waals surface area contributed by atoms with E-state index in [1.807, 2.05) is 60.1 Å². The van der Waals surface area contributed by atoms with Gasteiger partial charge in [-0.25, -0.2) is 0 Å². The van der Waals surface area contributed by atoms with E-state index in [4.69, 9.17) is 4.74 Å². The largest absolute Gasteiger partial charge is 0.497 e. The van der Waals surface area contributed by atoms with E-state index < -0.39 is 6.10 Å². The first kappa shape index (κ1) is 13.6. The Balaban J connectivity index is 2.09. The molecule has 0 bridgehead atoms. The molecule has 1 aromatic heterocycles. The van der Waals surface area contributed by atoms with Crippen LogP contribution in [0.5, 0.6) is 5.75 Å². The number of aromatic nitrogens is 2. The molecule has 0 aliphatic carbocycles. The van der Waals surface area contributed by atoms with Gasteiger partial charge >= 0.3 is 0 Å². The number of hydrogen-bond donors (Lipinski definition) is 1. The number of ether oxygens (including phenoxy) is 1. The summed E-state index contributed by atoms with van der Waals surface area (Å²) in [5, 5.41) is 16.3. The lowest BCUT2D eigenvalue weighted by atomic mass is 10.0. The molecule has 0 saturated carbocycles. The number of hydrogen-bond acceptors (Lipinski definition) is 3. The zero-order valence-electron chi connectivity index (χ0n) is 12.2. The number of aliphatic hydroxyl groups is 1. The minimum Gasteiger partial charge on any atom is -0.497 e. The first-order valence-corrected chi connectivity index (χ1v) is 7.02. The van der Waals surface area contributed by atoms with Crippen LogP contribution in [0.3, 0.4) is 0 Å². The third-order valence-electron chi connectivity index (χ3n) is 3.68. The standard InChI is InChI=1S/C17H18N2O2/c1-3-19-16(14-6-4-5-7-15(14)18-19)17(20)12-8-10-13(21-2)11-9-12/h4-11,17,20H,3H2,1-2H3. The zero-order chi connectivity index (χ0) is 14.8. The van der Waals surface area contributed by atoms with Gasteiger partial charge in [0.15, 0.2) is 0 Å². The van der Waals surface area contributed by atoms with Crippen LogP contribution >= 0.6 is 0 Å². The molecule has 0 spiro atoms. The molecule has 108 valence electrons. The lowest BCUT2D eigenvalue weighted by Gasteiger charge is -2.14. The zero-order valence-corrected chi connectivity index (χ0v) is 12.2. The molecular weight excluding hydrogens is 264 g/mol. The summed E-state index contributed by atoms with van der Waals surface area (Å²) >= 11 is 0. The number of aryl methyl sites for hydroxylation is 1. The maximum absolute atomic E-state index is 10.8. The van der Waals surface area contributed by atoms with E-state index in [0.717, 1.165) is 34.5 Å². The van der Waals surface area contributed by atoms with Gasteiger partial charge in [0, 0.05) is 11.9 Å². The smallest absolute Gasteiger partial charge is 0.121 e. The second-order valence-electron chi connectivity index (χ2n) is 4.89. The summed E-state index contributed by atoms with van der Waals surface area (Å²) < 4.78 is 7.02. The van der Waals surface area contributed by atoms with Crippen LogP contribution in [-0.2, 0) is 6.54 Å². The average Bonchev–Trinajstić information content (AvgIpc) is 2.92. The van der Waals surface area contributed by atoms with Crippen molar-refractivity contribution < 1.29 is 9.84 Å². The van der Waals surface area contributed by atoms with Crippen molar-refractivity contribution in [2.24, 2.45) is 0 Å². The molecule has 2 aromatic carbocycles. The van der Waals surface area contributed by atoms with Gasteiger partial charge in [-0.3, -0.25) is 4.68 Å². The summed E-state index contributed by atoms with van der Waals surface area (Å²) in [4.78, 5) is 0. The summed E-state index contributed by atoms with van der Waals surface area (Å²) in [5.74, 6) is 0.778. The number of nitrogens with zero attached hydrogens (tertiary/aromatic N) is 2. The van der Waals surface area contributed by atoms with Crippen LogP contribution < -0.4 is 4.74 Å². The summed E-state index contributed by atoms with van der Waals surface area (Å²) in [6.45, 7) is 2.74. The van der Waals surface area contributed by atoms with Crippen LogP contribution in [0.25, 0.3) is 10.9 Å². The van der Waals surface area contributed by atoms with Crippen LogP contribution in [0.1, 0.15) is 24.3 Å². The molecule has 3 rings (SSSR count). The Morgan fingerprint density at radius 3 is 2.52 bits per heavy atom. The lowest BCUT2D eigenvalue weighted by molar-refractivity contribution is 0.209. The molecule has 0 radical (unpaired) electrons. The molecule has 1 heterocycles. The minimum absolute atomic E-state index is 0.705. The average molecular weight is 282 g/mol. The summed E-state index contributed by atoms with van der Waals surface area (Å²) in [7, 11) is 1.63. The number of benzene rings is 2. The van der Waals surface area contributed by atoms with Gasteiger partial charge in [-0.1, -0.05) is 30.3 Å². The molecule has 3 aromatic rings. The van der Waals surface area contributed by atoms with E-state index in [1.165, 1.54) is 0 Å². The third-order valence-corrected chi connectivity index (χ3v) is 3.68. The van der Waals surface area contributed by atoms with Gasteiger partial charge < -0.3 is 9.84 Å². The van der Waals surface area contributed by atoms with Crippen molar-refractivity contribution in [2.75, 3.05) is 7.11 Å². The summed E-state index contributed by atoms with van der Waals surface area (Å²) in [6, 6.07) is 15.4. The van der Waals surface area contributed by atoms with Crippen molar-refractivity contribution in [1.82, 2.24) is 9.78 Å².